The topological polar surface area (TPSA) is 48.5 Å². The molecule has 2 aromatic rings. The second-order valence-corrected chi connectivity index (χ2v) is 8.14. The number of benzene rings is 1. The van der Waals surface area contributed by atoms with Crippen LogP contribution in [0, 0.1) is 0 Å². The molecule has 1 aliphatic heterocycles. The average molecular weight is 367 g/mol. The molecule has 27 heavy (non-hydrogen) atoms. The minimum Gasteiger partial charge on any atom is -0.354 e. The minimum atomic E-state index is 0.0602. The number of aromatic nitrogens is 1. The van der Waals surface area contributed by atoms with Crippen LogP contribution in [0.5, 0.6) is 0 Å². The molecular formula is C22H30N4O. The van der Waals surface area contributed by atoms with Crippen molar-refractivity contribution in [2.75, 3.05) is 38.0 Å². The molecule has 0 saturated carbocycles. The Bertz CT molecular complexity index is 772. The highest BCUT2D eigenvalue weighted by Gasteiger charge is 2.21. The number of hydrogen-bond donors (Lipinski definition) is 1. The summed E-state index contributed by atoms with van der Waals surface area (Å²) in [5.41, 5.74) is 3.88. The zero-order valence-electron chi connectivity index (χ0n) is 16.8. The fourth-order valence-electron chi connectivity index (χ4n) is 3.30. The van der Waals surface area contributed by atoms with Crippen molar-refractivity contribution in [3.63, 3.8) is 0 Å². The van der Waals surface area contributed by atoms with Crippen LogP contribution in [-0.2, 0) is 5.41 Å². The third kappa shape index (κ3) is 4.86. The van der Waals surface area contributed by atoms with E-state index in [1.807, 2.05) is 11.0 Å². The third-order valence-electron chi connectivity index (χ3n) is 5.13. The number of anilines is 2. The highest BCUT2D eigenvalue weighted by Crippen LogP contribution is 2.25. The van der Waals surface area contributed by atoms with Crippen molar-refractivity contribution in [1.29, 1.82) is 0 Å². The van der Waals surface area contributed by atoms with E-state index in [0.29, 0.717) is 5.56 Å². The summed E-state index contributed by atoms with van der Waals surface area (Å²) < 4.78 is 0. The van der Waals surface area contributed by atoms with Crippen LogP contribution in [0.4, 0.5) is 11.4 Å². The van der Waals surface area contributed by atoms with Crippen molar-refractivity contribution < 1.29 is 4.79 Å². The van der Waals surface area contributed by atoms with E-state index in [1.54, 1.807) is 12.4 Å². The number of nitrogens with zero attached hydrogens (tertiary/aromatic N) is 3. The number of nitrogens with one attached hydrogen (secondary N) is 1. The molecule has 2 heterocycles. The molecule has 0 unspecified atom stereocenters. The maximum Gasteiger partial charge on any atom is 0.255 e. The van der Waals surface area contributed by atoms with Gasteiger partial charge in [0.1, 0.15) is 0 Å². The van der Waals surface area contributed by atoms with Crippen molar-refractivity contribution in [3.05, 3.63) is 53.9 Å². The summed E-state index contributed by atoms with van der Waals surface area (Å²) in [5, 5.41) is 3.36. The van der Waals surface area contributed by atoms with Gasteiger partial charge in [0.05, 0.1) is 17.4 Å². The molecule has 0 spiro atoms. The molecule has 1 amide bonds. The Morgan fingerprint density at radius 1 is 1.04 bits per heavy atom. The molecule has 1 aliphatic rings. The summed E-state index contributed by atoms with van der Waals surface area (Å²) in [6, 6.07) is 10.3. The van der Waals surface area contributed by atoms with E-state index >= 15 is 0 Å². The smallest absolute Gasteiger partial charge is 0.255 e. The van der Waals surface area contributed by atoms with Crippen LogP contribution in [0.15, 0.2) is 42.7 Å². The van der Waals surface area contributed by atoms with Gasteiger partial charge >= 0.3 is 0 Å². The van der Waals surface area contributed by atoms with Gasteiger partial charge in [0.25, 0.3) is 5.91 Å². The van der Waals surface area contributed by atoms with Gasteiger partial charge < -0.3 is 15.1 Å². The molecule has 3 rings (SSSR count). The van der Waals surface area contributed by atoms with Crippen molar-refractivity contribution in [2.24, 2.45) is 0 Å². The first kappa shape index (κ1) is 19.4. The molecule has 1 aromatic heterocycles. The van der Waals surface area contributed by atoms with Gasteiger partial charge in [0.15, 0.2) is 0 Å². The van der Waals surface area contributed by atoms with Crippen LogP contribution < -0.4 is 5.32 Å². The largest absolute Gasteiger partial charge is 0.354 e. The zero-order valence-corrected chi connectivity index (χ0v) is 16.8. The fourth-order valence-corrected chi connectivity index (χ4v) is 3.30. The molecule has 1 N–H and O–H groups in total. The number of piperazine rings is 1. The lowest BCUT2D eigenvalue weighted by Gasteiger charge is -2.34. The summed E-state index contributed by atoms with van der Waals surface area (Å²) in [6.45, 7) is 13.2. The third-order valence-corrected chi connectivity index (χ3v) is 5.13. The van der Waals surface area contributed by atoms with E-state index in [1.165, 1.54) is 5.56 Å². The van der Waals surface area contributed by atoms with Gasteiger partial charge in [-0.05, 0) is 35.7 Å². The Labute approximate surface area is 162 Å². The van der Waals surface area contributed by atoms with E-state index in [2.05, 4.69) is 67.2 Å². The van der Waals surface area contributed by atoms with Crippen molar-refractivity contribution in [2.45, 2.75) is 33.1 Å². The average Bonchev–Trinajstić information content (AvgIpc) is 2.67. The molecule has 1 saturated heterocycles. The molecule has 1 aromatic carbocycles. The predicted molar refractivity (Wildman–Crippen MR) is 111 cm³/mol. The SMILES string of the molecule is CCN1CCN(C(=O)c2cncc(Nc3ccc(C(C)(C)C)cc3)c2)CC1. The van der Waals surface area contributed by atoms with Gasteiger partial charge in [-0.15, -0.1) is 0 Å². The summed E-state index contributed by atoms with van der Waals surface area (Å²) >= 11 is 0. The van der Waals surface area contributed by atoms with Crippen molar-refractivity contribution >= 4 is 17.3 Å². The number of carbonyl (C=O) groups is 1. The van der Waals surface area contributed by atoms with Gasteiger partial charge in [0.2, 0.25) is 0 Å². The second kappa shape index (κ2) is 8.09. The maximum atomic E-state index is 12.8. The first-order valence-electron chi connectivity index (χ1n) is 9.71. The maximum absolute atomic E-state index is 12.8. The van der Waals surface area contributed by atoms with Gasteiger partial charge in [0, 0.05) is 38.1 Å². The molecule has 0 atom stereocenters. The van der Waals surface area contributed by atoms with Crippen LogP contribution in [0.1, 0.15) is 43.6 Å². The summed E-state index contributed by atoms with van der Waals surface area (Å²) in [5.74, 6) is 0.0602. The summed E-state index contributed by atoms with van der Waals surface area (Å²) in [4.78, 5) is 21.3. The molecule has 5 heteroatoms. The van der Waals surface area contributed by atoms with Gasteiger partial charge in [-0.2, -0.15) is 0 Å². The Morgan fingerprint density at radius 3 is 2.30 bits per heavy atom. The van der Waals surface area contributed by atoms with E-state index in [-0.39, 0.29) is 11.3 Å². The van der Waals surface area contributed by atoms with Gasteiger partial charge in [-0.3, -0.25) is 9.78 Å². The standard InChI is InChI=1S/C22H30N4O/c1-5-25-10-12-26(13-11-25)21(27)17-14-20(16-23-15-17)24-19-8-6-18(7-9-19)22(2,3)4/h6-9,14-16,24H,5,10-13H2,1-4H3. The monoisotopic (exact) mass is 366 g/mol. The predicted octanol–water partition coefficient (Wildman–Crippen LogP) is 3.90. The Morgan fingerprint density at radius 2 is 1.70 bits per heavy atom. The Kier molecular flexibility index (Phi) is 5.80. The molecule has 144 valence electrons. The number of hydrogen-bond acceptors (Lipinski definition) is 4. The fraction of sp³-hybridized carbons (Fsp3) is 0.455. The molecule has 0 bridgehead atoms. The van der Waals surface area contributed by atoms with Crippen LogP contribution in [0.25, 0.3) is 0 Å². The van der Waals surface area contributed by atoms with E-state index in [0.717, 1.165) is 44.1 Å². The Hall–Kier alpha value is -2.40. The van der Waals surface area contributed by atoms with E-state index in [9.17, 15) is 4.79 Å². The van der Waals surface area contributed by atoms with Crippen LogP contribution in [0.3, 0.4) is 0 Å². The van der Waals surface area contributed by atoms with Gasteiger partial charge in [-0.25, -0.2) is 0 Å². The number of likely N-dealkylation sites (N-methyl/N-ethyl adjacent to an activating group) is 1. The van der Waals surface area contributed by atoms with E-state index in [4.69, 9.17) is 0 Å². The van der Waals surface area contributed by atoms with Crippen molar-refractivity contribution in [3.8, 4) is 0 Å². The zero-order chi connectivity index (χ0) is 19.4. The number of rotatable bonds is 4. The first-order chi connectivity index (χ1) is 12.9. The molecule has 5 nitrogen and oxygen atoms in total. The first-order valence-corrected chi connectivity index (χ1v) is 9.71. The molecule has 1 fully saturated rings. The van der Waals surface area contributed by atoms with Crippen LogP contribution >= 0.6 is 0 Å². The lowest BCUT2D eigenvalue weighted by molar-refractivity contribution is 0.0643. The quantitative estimate of drug-likeness (QED) is 0.891. The summed E-state index contributed by atoms with van der Waals surface area (Å²) in [7, 11) is 0. The molecule has 0 aliphatic carbocycles. The van der Waals surface area contributed by atoms with E-state index < -0.39 is 0 Å². The van der Waals surface area contributed by atoms with Crippen LogP contribution in [0.2, 0.25) is 0 Å². The number of pyridine rings is 1. The van der Waals surface area contributed by atoms with Crippen LogP contribution in [-0.4, -0.2) is 53.4 Å². The Balaban J connectivity index is 1.67. The molecule has 0 radical (unpaired) electrons. The lowest BCUT2D eigenvalue weighted by atomic mass is 9.87. The minimum absolute atomic E-state index is 0.0602. The summed E-state index contributed by atoms with van der Waals surface area (Å²) in [6.07, 6.45) is 3.41. The number of carbonyl (C=O) groups excluding carboxylic acids is 1. The lowest BCUT2D eigenvalue weighted by Crippen LogP contribution is -2.48. The van der Waals surface area contributed by atoms with Crippen molar-refractivity contribution in [1.82, 2.24) is 14.8 Å². The molecular weight excluding hydrogens is 336 g/mol. The highest BCUT2D eigenvalue weighted by atomic mass is 16.2. The number of amides is 1. The van der Waals surface area contributed by atoms with Gasteiger partial charge in [-0.1, -0.05) is 39.8 Å². The normalized spacial score (nSPS) is 15.6. The second-order valence-electron chi connectivity index (χ2n) is 8.14. The highest BCUT2D eigenvalue weighted by molar-refractivity contribution is 5.95.